The predicted molar refractivity (Wildman–Crippen MR) is 281 cm³/mol. The van der Waals surface area contributed by atoms with Gasteiger partial charge >= 0.3 is 383 Å². The summed E-state index contributed by atoms with van der Waals surface area (Å²) in [4.78, 5) is 6.67. The molecule has 8 aromatic carbocycles. The van der Waals surface area contributed by atoms with Crippen molar-refractivity contribution in [3.05, 3.63) is 243 Å². The Kier molecular flexibility index (Phi) is 13.6. The molecule has 62 heavy (non-hydrogen) atoms. The molecule has 0 N–H and O–H groups in total. The van der Waals surface area contributed by atoms with Gasteiger partial charge in [0.2, 0.25) is 0 Å². The Bertz CT molecular complexity index is 2590. The number of hydrogen-bond donors (Lipinski definition) is 0. The zero-order valence-corrected chi connectivity index (χ0v) is 42.6. The summed E-state index contributed by atoms with van der Waals surface area (Å²) in [5.41, 5.74) is 0. The van der Waals surface area contributed by atoms with E-state index in [0.29, 0.717) is 0 Å². The molecule has 0 aliphatic rings. The van der Waals surface area contributed by atoms with Crippen molar-refractivity contribution >= 4 is 111 Å². The van der Waals surface area contributed by atoms with Crippen LogP contribution in [0, 0.1) is 0 Å². The molecular weight excluding hydrogens is 982 g/mol. The van der Waals surface area contributed by atoms with Crippen LogP contribution in [-0.2, 0) is 29.2 Å². The summed E-state index contributed by atoms with van der Waals surface area (Å²) in [6.45, 7) is 0. The molecule has 0 amide bonds. The first kappa shape index (κ1) is 44.8. The summed E-state index contributed by atoms with van der Waals surface area (Å²) < 4.78 is 28.9. The van der Waals surface area contributed by atoms with E-state index in [1.54, 1.807) is 0 Å². The fourth-order valence-corrected chi connectivity index (χ4v) is 44.5. The van der Waals surface area contributed by atoms with Crippen molar-refractivity contribution < 1.29 is 5.60 Å². The molecule has 0 aliphatic carbocycles. The van der Waals surface area contributed by atoms with Crippen LogP contribution in [0.25, 0.3) is 0 Å². The van der Waals surface area contributed by atoms with Crippen LogP contribution in [0.4, 0.5) is 0 Å². The molecule has 0 aliphatic heterocycles. The standard InChI is InChI=1S/2C24H20NOP2S.3CH3.Sb/c2*26-27(21-13-5-1-6-14-21,22-15-7-2-8-16-22)25-28(29,23-17-9-3-10-18-23)24-19-11-4-12-20-24;;;;/h2*1-20H;3*1H3;/q2*-1;;;;+2. The van der Waals surface area contributed by atoms with Crippen molar-refractivity contribution in [1.29, 1.82) is 0 Å². The molecule has 0 radical (unpaired) electrons. The van der Waals surface area contributed by atoms with Gasteiger partial charge in [-0.3, -0.25) is 0 Å². The molecule has 0 spiro atoms. The molecule has 0 saturated carbocycles. The topological polar surface area (TPSA) is 43.2 Å². The van der Waals surface area contributed by atoms with E-state index >= 15 is 0 Å². The van der Waals surface area contributed by atoms with Gasteiger partial charge in [0, 0.05) is 0 Å². The molecule has 0 unspecified atom stereocenters. The average molecular weight is 1030 g/mol. The van der Waals surface area contributed by atoms with Crippen molar-refractivity contribution in [2.24, 2.45) is 9.03 Å². The predicted octanol–water partition coefficient (Wildman–Crippen LogP) is 11.9. The SMILES string of the molecule is [CH3][Sb]([CH3])([CH3])([O]P(=NP(=S)(c1ccccc1)c1ccccc1)(c1ccccc1)c1ccccc1)[O]P(=NP(=S)(c1ccccc1)c1ccccc1)(c1ccccc1)c1ccccc1. The molecule has 4 nitrogen and oxygen atoms in total. The van der Waals surface area contributed by atoms with Crippen LogP contribution >= 0.6 is 26.9 Å². The van der Waals surface area contributed by atoms with Crippen molar-refractivity contribution in [2.75, 3.05) is 0 Å². The summed E-state index contributed by atoms with van der Waals surface area (Å²) in [6.07, 6.45) is -5.88. The van der Waals surface area contributed by atoms with E-state index in [2.05, 4.69) is 209 Å². The second kappa shape index (κ2) is 18.8. The van der Waals surface area contributed by atoms with E-state index in [1.807, 2.05) is 48.5 Å². The van der Waals surface area contributed by atoms with Crippen LogP contribution in [0.2, 0.25) is 14.6 Å². The molecule has 0 fully saturated rings. The van der Waals surface area contributed by atoms with E-state index in [0.717, 1.165) is 42.4 Å². The van der Waals surface area contributed by atoms with E-state index in [9.17, 15) is 0 Å². The van der Waals surface area contributed by atoms with Gasteiger partial charge in [0.25, 0.3) is 0 Å². The molecule has 0 aromatic heterocycles. The zero-order valence-electron chi connectivity index (χ0n) is 34.9. The number of rotatable bonds is 14. The van der Waals surface area contributed by atoms with Crippen LogP contribution in [0.15, 0.2) is 252 Å². The molecule has 0 heterocycles. The summed E-state index contributed by atoms with van der Waals surface area (Å²) >= 11 is 8.87. The summed E-state index contributed by atoms with van der Waals surface area (Å²) in [5.74, 6) is 0. The van der Waals surface area contributed by atoms with E-state index in [1.165, 1.54) is 0 Å². The third-order valence-corrected chi connectivity index (χ3v) is 41.2. The zero-order chi connectivity index (χ0) is 43.2. The second-order valence-electron chi connectivity index (χ2n) is 15.8. The van der Waals surface area contributed by atoms with Crippen molar-refractivity contribution in [3.8, 4) is 0 Å². The van der Waals surface area contributed by atoms with E-state index in [4.69, 9.17) is 38.2 Å². The van der Waals surface area contributed by atoms with Gasteiger partial charge in [-0.05, 0) is 0 Å². The molecule has 0 bridgehead atoms. The maximum absolute atomic E-state index is 8.28. The normalized spacial score (nSPS) is 13.0. The van der Waals surface area contributed by atoms with Crippen LogP contribution in [0.3, 0.4) is 0 Å². The van der Waals surface area contributed by atoms with Gasteiger partial charge in [-0.2, -0.15) is 0 Å². The first-order valence-corrected chi connectivity index (χ1v) is 38.9. The first-order chi connectivity index (χ1) is 29.9. The minimum atomic E-state index is -5.14. The van der Waals surface area contributed by atoms with Gasteiger partial charge in [-0.1, -0.05) is 0 Å². The van der Waals surface area contributed by atoms with Gasteiger partial charge in [-0.25, -0.2) is 0 Å². The number of nitrogens with zero attached hydrogens (tertiary/aromatic N) is 2. The Hall–Kier alpha value is -3.74. The van der Waals surface area contributed by atoms with E-state index in [-0.39, 0.29) is 0 Å². The van der Waals surface area contributed by atoms with Crippen molar-refractivity contribution in [3.63, 3.8) is 0 Å². The maximum atomic E-state index is 8.28. The number of benzene rings is 8. The Morgan fingerprint density at radius 2 is 0.452 bits per heavy atom. The molecule has 0 atom stereocenters. The Morgan fingerprint density at radius 1 is 0.290 bits per heavy atom. The molecule has 8 aromatic rings. The van der Waals surface area contributed by atoms with Gasteiger partial charge < -0.3 is 0 Å². The molecule has 8 rings (SSSR count). The monoisotopic (exact) mass is 1030 g/mol. The first-order valence-electron chi connectivity index (χ1n) is 20.3. The van der Waals surface area contributed by atoms with Gasteiger partial charge in [0.15, 0.2) is 0 Å². The van der Waals surface area contributed by atoms with Crippen molar-refractivity contribution in [1.82, 2.24) is 0 Å². The Morgan fingerprint density at radius 3 is 0.629 bits per heavy atom. The molecule has 312 valence electrons. The quantitative estimate of drug-likeness (QED) is 0.0804. The Balaban J connectivity index is 1.48. The van der Waals surface area contributed by atoms with Crippen LogP contribution in [-0.4, -0.2) is 18.2 Å². The van der Waals surface area contributed by atoms with Gasteiger partial charge in [0.1, 0.15) is 0 Å². The fourth-order valence-electron chi connectivity index (χ4n) is 7.45. The van der Waals surface area contributed by atoms with E-state index < -0.39 is 45.2 Å². The third-order valence-electron chi connectivity index (χ3n) is 10.1. The Labute approximate surface area is 380 Å². The summed E-state index contributed by atoms with van der Waals surface area (Å²) in [6, 6.07) is 83.4. The average Bonchev–Trinajstić information content (AvgIpc) is 3.33. The molecule has 0 saturated heterocycles. The molecule has 11 heteroatoms. The third kappa shape index (κ3) is 9.53. The van der Waals surface area contributed by atoms with Crippen LogP contribution in [0.5, 0.6) is 0 Å². The summed E-state index contributed by atoms with van der Waals surface area (Å²) in [5, 5.41) is 7.87. The van der Waals surface area contributed by atoms with Gasteiger partial charge in [0.05, 0.1) is 0 Å². The number of hydrogen-bond acceptors (Lipinski definition) is 4. The van der Waals surface area contributed by atoms with Crippen LogP contribution in [0.1, 0.15) is 0 Å². The fraction of sp³-hybridized carbons (Fsp3) is 0.0588. The minimum absolute atomic E-state index is 0.971. The molecular formula is C51H49N2O2P4S2Sb. The second-order valence-corrected chi connectivity index (χ2v) is 46.6. The van der Waals surface area contributed by atoms with Gasteiger partial charge in [-0.15, -0.1) is 0 Å². The summed E-state index contributed by atoms with van der Waals surface area (Å²) in [7, 11) is -6.57. The van der Waals surface area contributed by atoms with Crippen LogP contribution < -0.4 is 42.4 Å². The van der Waals surface area contributed by atoms with Crippen molar-refractivity contribution in [2.45, 2.75) is 14.6 Å².